The molecule has 0 radical (unpaired) electrons. The van der Waals surface area contributed by atoms with Crippen molar-refractivity contribution in [1.29, 1.82) is 0 Å². The maximum Gasteiger partial charge on any atom is 0.416 e. The Morgan fingerprint density at radius 2 is 1.88 bits per heavy atom. The summed E-state index contributed by atoms with van der Waals surface area (Å²) in [5.41, 5.74) is 4.76. The van der Waals surface area contributed by atoms with Crippen molar-refractivity contribution in [3.63, 3.8) is 0 Å². The minimum Gasteiger partial charge on any atom is -0.366 e. The van der Waals surface area contributed by atoms with Crippen LogP contribution < -0.4 is 5.73 Å². The average molecular weight is 229 g/mol. The number of carbonyl (C=O) groups is 1. The number of nitrogens with two attached hydrogens (primary N) is 1. The van der Waals surface area contributed by atoms with Gasteiger partial charge in [-0.3, -0.25) is 4.79 Å². The number of hydrogen-bond donors (Lipinski definition) is 1. The van der Waals surface area contributed by atoms with Crippen molar-refractivity contribution < 1.29 is 18.0 Å². The quantitative estimate of drug-likeness (QED) is 0.832. The number of halogens is 3. The van der Waals surface area contributed by atoms with Gasteiger partial charge in [-0.1, -0.05) is 12.2 Å². The van der Waals surface area contributed by atoms with Crippen LogP contribution in [0.3, 0.4) is 0 Å². The van der Waals surface area contributed by atoms with Gasteiger partial charge in [0.05, 0.1) is 5.56 Å². The van der Waals surface area contributed by atoms with Gasteiger partial charge >= 0.3 is 6.18 Å². The summed E-state index contributed by atoms with van der Waals surface area (Å²) in [5, 5.41) is 0. The summed E-state index contributed by atoms with van der Waals surface area (Å²) < 4.78 is 37.3. The zero-order chi connectivity index (χ0) is 12.5. The van der Waals surface area contributed by atoms with E-state index in [-0.39, 0.29) is 11.1 Å². The number of alkyl halides is 3. The van der Waals surface area contributed by atoms with E-state index in [0.29, 0.717) is 5.57 Å². The van der Waals surface area contributed by atoms with E-state index in [1.165, 1.54) is 6.92 Å². The van der Waals surface area contributed by atoms with Gasteiger partial charge in [0.15, 0.2) is 0 Å². The predicted octanol–water partition coefficient (Wildman–Crippen LogP) is 2.84. The maximum absolute atomic E-state index is 12.4. The number of amides is 1. The number of hydrogen-bond acceptors (Lipinski definition) is 1. The van der Waals surface area contributed by atoms with Gasteiger partial charge in [0.25, 0.3) is 0 Å². The van der Waals surface area contributed by atoms with E-state index in [4.69, 9.17) is 5.73 Å². The lowest BCUT2D eigenvalue weighted by Crippen LogP contribution is -2.15. The summed E-state index contributed by atoms with van der Waals surface area (Å²) in [6.07, 6.45) is -4.44. The molecule has 0 aliphatic heterocycles. The second kappa shape index (κ2) is 4.00. The Morgan fingerprint density at radius 3 is 2.25 bits per heavy atom. The molecule has 2 nitrogen and oxygen atoms in total. The minimum atomic E-state index is -4.44. The SMILES string of the molecule is C=C(C)c1cc(C(F)(F)F)ccc1C(N)=O. The van der Waals surface area contributed by atoms with E-state index < -0.39 is 17.6 Å². The smallest absolute Gasteiger partial charge is 0.366 e. The summed E-state index contributed by atoms with van der Waals surface area (Å²) in [5.74, 6) is -0.772. The Hall–Kier alpha value is -1.78. The summed E-state index contributed by atoms with van der Waals surface area (Å²) >= 11 is 0. The zero-order valence-corrected chi connectivity index (χ0v) is 8.56. The van der Waals surface area contributed by atoms with E-state index in [9.17, 15) is 18.0 Å². The molecule has 0 heterocycles. The zero-order valence-electron chi connectivity index (χ0n) is 8.56. The Balaban J connectivity index is 3.40. The van der Waals surface area contributed by atoms with Crippen LogP contribution in [0.5, 0.6) is 0 Å². The van der Waals surface area contributed by atoms with E-state index in [1.54, 1.807) is 0 Å². The third-order valence-corrected chi connectivity index (χ3v) is 2.07. The lowest BCUT2D eigenvalue weighted by atomic mass is 9.98. The second-order valence-corrected chi connectivity index (χ2v) is 3.40. The third-order valence-electron chi connectivity index (χ3n) is 2.07. The van der Waals surface area contributed by atoms with Gasteiger partial charge in [0, 0.05) is 5.56 Å². The first kappa shape index (κ1) is 12.3. The van der Waals surface area contributed by atoms with Crippen molar-refractivity contribution in [2.24, 2.45) is 5.73 Å². The van der Waals surface area contributed by atoms with Gasteiger partial charge in [-0.25, -0.2) is 0 Å². The van der Waals surface area contributed by atoms with E-state index in [0.717, 1.165) is 18.2 Å². The lowest BCUT2D eigenvalue weighted by Gasteiger charge is -2.11. The molecule has 0 saturated carbocycles. The highest BCUT2D eigenvalue weighted by Crippen LogP contribution is 2.32. The molecule has 0 fully saturated rings. The van der Waals surface area contributed by atoms with Crippen LogP contribution in [-0.4, -0.2) is 5.91 Å². The predicted molar refractivity (Wildman–Crippen MR) is 54.7 cm³/mol. The fourth-order valence-electron chi connectivity index (χ4n) is 1.29. The van der Waals surface area contributed by atoms with Crippen LogP contribution >= 0.6 is 0 Å². The molecule has 1 amide bonds. The molecule has 0 aliphatic rings. The van der Waals surface area contributed by atoms with Crippen molar-refractivity contribution in [1.82, 2.24) is 0 Å². The van der Waals surface area contributed by atoms with E-state index in [2.05, 4.69) is 6.58 Å². The number of benzene rings is 1. The van der Waals surface area contributed by atoms with E-state index in [1.807, 2.05) is 0 Å². The molecule has 0 aliphatic carbocycles. The van der Waals surface area contributed by atoms with Crippen molar-refractivity contribution in [2.75, 3.05) is 0 Å². The topological polar surface area (TPSA) is 43.1 Å². The van der Waals surface area contributed by atoms with Gasteiger partial charge < -0.3 is 5.73 Å². The number of allylic oxidation sites excluding steroid dienone is 1. The molecule has 0 atom stereocenters. The number of carbonyl (C=O) groups excluding carboxylic acids is 1. The van der Waals surface area contributed by atoms with E-state index >= 15 is 0 Å². The van der Waals surface area contributed by atoms with Gasteiger partial charge in [0.2, 0.25) is 5.91 Å². The molecule has 0 unspecified atom stereocenters. The highest BCUT2D eigenvalue weighted by atomic mass is 19.4. The van der Waals surface area contributed by atoms with Gasteiger partial charge in [0.1, 0.15) is 0 Å². The van der Waals surface area contributed by atoms with Crippen LogP contribution in [-0.2, 0) is 6.18 Å². The Labute approximate surface area is 90.6 Å². The minimum absolute atomic E-state index is 0.0421. The number of rotatable bonds is 2. The number of primary amides is 1. The van der Waals surface area contributed by atoms with Crippen molar-refractivity contribution in [2.45, 2.75) is 13.1 Å². The van der Waals surface area contributed by atoms with Gasteiger partial charge in [-0.2, -0.15) is 13.2 Å². The Kier molecular flexibility index (Phi) is 3.07. The molecule has 1 rings (SSSR count). The summed E-state index contributed by atoms with van der Waals surface area (Å²) in [7, 11) is 0. The second-order valence-electron chi connectivity index (χ2n) is 3.40. The summed E-state index contributed by atoms with van der Waals surface area (Å²) in [4.78, 5) is 11.0. The van der Waals surface area contributed by atoms with Crippen LogP contribution in [0.15, 0.2) is 24.8 Å². The molecule has 86 valence electrons. The van der Waals surface area contributed by atoms with Crippen LogP contribution in [0.2, 0.25) is 0 Å². The molecule has 5 heteroatoms. The van der Waals surface area contributed by atoms with Crippen LogP contribution in [0.25, 0.3) is 5.57 Å². The fraction of sp³-hybridized carbons (Fsp3) is 0.182. The van der Waals surface area contributed by atoms with Crippen LogP contribution in [0.1, 0.15) is 28.4 Å². The Bertz CT molecular complexity index is 449. The van der Waals surface area contributed by atoms with Crippen molar-refractivity contribution in [3.05, 3.63) is 41.5 Å². The van der Waals surface area contributed by atoms with Crippen LogP contribution in [0.4, 0.5) is 13.2 Å². The monoisotopic (exact) mass is 229 g/mol. The summed E-state index contributed by atoms with van der Waals surface area (Å²) in [6.45, 7) is 5.03. The summed E-state index contributed by atoms with van der Waals surface area (Å²) in [6, 6.07) is 2.77. The average Bonchev–Trinajstić information content (AvgIpc) is 2.15. The third kappa shape index (κ3) is 2.42. The molecule has 0 aromatic heterocycles. The molecule has 2 N–H and O–H groups in total. The normalized spacial score (nSPS) is 11.2. The molecule has 1 aromatic rings. The van der Waals surface area contributed by atoms with Gasteiger partial charge in [-0.05, 0) is 30.7 Å². The lowest BCUT2D eigenvalue weighted by molar-refractivity contribution is -0.137. The van der Waals surface area contributed by atoms with Gasteiger partial charge in [-0.15, -0.1) is 0 Å². The molecular formula is C11H10F3NO. The molecule has 16 heavy (non-hydrogen) atoms. The van der Waals surface area contributed by atoms with Crippen molar-refractivity contribution in [3.8, 4) is 0 Å². The maximum atomic E-state index is 12.4. The highest BCUT2D eigenvalue weighted by Gasteiger charge is 2.31. The molecule has 0 bridgehead atoms. The largest absolute Gasteiger partial charge is 0.416 e. The fourth-order valence-corrected chi connectivity index (χ4v) is 1.29. The molecule has 0 spiro atoms. The van der Waals surface area contributed by atoms with Crippen molar-refractivity contribution >= 4 is 11.5 Å². The highest BCUT2D eigenvalue weighted by molar-refractivity contribution is 5.97. The molecule has 1 aromatic carbocycles. The first-order chi connectivity index (χ1) is 7.23. The standard InChI is InChI=1S/C11H10F3NO/c1-6(2)9-5-7(11(12,13)14)3-4-8(9)10(15)16/h3-5H,1H2,2H3,(H2,15,16). The first-order valence-electron chi connectivity index (χ1n) is 4.40. The van der Waals surface area contributed by atoms with Crippen LogP contribution in [0, 0.1) is 0 Å². The Morgan fingerprint density at radius 1 is 1.31 bits per heavy atom. The molecule has 0 saturated heterocycles. The molecular weight excluding hydrogens is 219 g/mol. The first-order valence-corrected chi connectivity index (χ1v) is 4.40.